The van der Waals surface area contributed by atoms with E-state index < -0.39 is 0 Å². The largest absolute Gasteiger partial charge is 0.367 e. The molecule has 0 bridgehead atoms. The number of thiazole rings is 1. The van der Waals surface area contributed by atoms with Crippen LogP contribution in [0.3, 0.4) is 0 Å². The molecular weight excluding hydrogens is 387 g/mol. The van der Waals surface area contributed by atoms with Gasteiger partial charge in [0.2, 0.25) is 0 Å². The normalized spacial score (nSPS) is 15.4. The molecule has 150 valence electrons. The van der Waals surface area contributed by atoms with E-state index in [4.69, 9.17) is 9.97 Å². The number of hydrogen-bond donors (Lipinski definition) is 1. The predicted octanol–water partition coefficient (Wildman–Crippen LogP) is 4.28. The monoisotopic (exact) mass is 410 g/mol. The van der Waals surface area contributed by atoms with Crippen molar-refractivity contribution in [3.8, 4) is 10.6 Å². The maximum atomic E-state index is 13.3. The van der Waals surface area contributed by atoms with E-state index in [1.165, 1.54) is 55.8 Å². The summed E-state index contributed by atoms with van der Waals surface area (Å²) in [7, 11) is 1.98. The van der Waals surface area contributed by atoms with Crippen molar-refractivity contribution in [1.29, 1.82) is 0 Å². The van der Waals surface area contributed by atoms with E-state index >= 15 is 0 Å². The zero-order chi connectivity index (χ0) is 19.8. The summed E-state index contributed by atoms with van der Waals surface area (Å²) in [5.74, 6) is 0.557. The Hall–Kier alpha value is -2.58. The summed E-state index contributed by atoms with van der Waals surface area (Å²) in [5, 5.41) is 4.33. The minimum Gasteiger partial charge on any atom is -0.367 e. The van der Waals surface area contributed by atoms with Gasteiger partial charge in [0.05, 0.1) is 6.33 Å². The number of rotatable bonds is 5. The molecule has 1 aliphatic heterocycles. The second-order valence-electron chi connectivity index (χ2n) is 7.52. The van der Waals surface area contributed by atoms with Gasteiger partial charge in [-0.05, 0) is 50.2 Å². The van der Waals surface area contributed by atoms with Gasteiger partial charge in [-0.15, -0.1) is 0 Å². The van der Waals surface area contributed by atoms with E-state index in [9.17, 15) is 4.39 Å². The van der Waals surface area contributed by atoms with Gasteiger partial charge in [0.1, 0.15) is 32.2 Å². The number of imidazole rings is 1. The Labute approximate surface area is 172 Å². The smallest absolute Gasteiger partial charge is 0.156 e. The number of aromatic nitrogens is 4. The molecule has 6 nitrogen and oxygen atoms in total. The van der Waals surface area contributed by atoms with Crippen LogP contribution in [0.4, 0.5) is 10.2 Å². The molecule has 0 atom stereocenters. The first-order valence-corrected chi connectivity index (χ1v) is 10.8. The summed E-state index contributed by atoms with van der Waals surface area (Å²) >= 11 is 1.52. The van der Waals surface area contributed by atoms with Crippen LogP contribution in [-0.2, 0) is 7.05 Å². The number of benzene rings is 1. The first kappa shape index (κ1) is 18.4. The van der Waals surface area contributed by atoms with Crippen LogP contribution in [0.25, 0.3) is 32.0 Å². The third kappa shape index (κ3) is 3.58. The van der Waals surface area contributed by atoms with Crippen molar-refractivity contribution in [2.45, 2.75) is 19.3 Å². The molecule has 0 unspecified atom stereocenters. The Morgan fingerprint density at radius 3 is 2.66 bits per heavy atom. The zero-order valence-corrected chi connectivity index (χ0v) is 17.2. The lowest BCUT2D eigenvalue weighted by molar-refractivity contribution is 0.237. The first-order chi connectivity index (χ1) is 14.2. The average molecular weight is 411 g/mol. The first-order valence-electron chi connectivity index (χ1n) is 10.0. The number of piperidine rings is 1. The summed E-state index contributed by atoms with van der Waals surface area (Å²) in [6.07, 6.45) is 5.74. The molecular formula is C21H23FN6S. The summed E-state index contributed by atoms with van der Waals surface area (Å²) < 4.78 is 15.3. The van der Waals surface area contributed by atoms with Gasteiger partial charge in [0, 0.05) is 25.7 Å². The molecule has 4 aromatic rings. The molecule has 0 saturated carbocycles. The molecule has 1 aliphatic rings. The molecule has 0 radical (unpaired) electrons. The van der Waals surface area contributed by atoms with Crippen molar-refractivity contribution >= 4 is 38.5 Å². The quantitative estimate of drug-likeness (QED) is 0.532. The fourth-order valence-electron chi connectivity index (χ4n) is 3.93. The molecule has 4 heterocycles. The fourth-order valence-corrected chi connectivity index (χ4v) is 4.88. The zero-order valence-electron chi connectivity index (χ0n) is 16.4. The van der Waals surface area contributed by atoms with Crippen LogP contribution < -0.4 is 5.32 Å². The molecule has 29 heavy (non-hydrogen) atoms. The average Bonchev–Trinajstić information content (AvgIpc) is 3.33. The van der Waals surface area contributed by atoms with E-state index in [2.05, 4.69) is 15.2 Å². The van der Waals surface area contributed by atoms with Gasteiger partial charge in [-0.25, -0.2) is 19.3 Å². The number of aryl methyl sites for hydroxylation is 1. The minimum absolute atomic E-state index is 0.248. The van der Waals surface area contributed by atoms with Crippen LogP contribution in [0.15, 0.2) is 30.6 Å². The molecule has 1 aromatic carbocycles. The third-order valence-electron chi connectivity index (χ3n) is 5.47. The Balaban J connectivity index is 1.48. The second-order valence-corrected chi connectivity index (χ2v) is 8.50. The van der Waals surface area contributed by atoms with Crippen molar-refractivity contribution in [1.82, 2.24) is 24.4 Å². The number of nitrogens with zero attached hydrogens (tertiary/aromatic N) is 5. The van der Waals surface area contributed by atoms with Gasteiger partial charge < -0.3 is 14.8 Å². The van der Waals surface area contributed by atoms with Crippen molar-refractivity contribution in [2.24, 2.45) is 7.05 Å². The van der Waals surface area contributed by atoms with Gasteiger partial charge in [-0.1, -0.05) is 17.8 Å². The number of hydrogen-bond acceptors (Lipinski definition) is 6. The Bertz CT molecular complexity index is 1140. The lowest BCUT2D eigenvalue weighted by Gasteiger charge is -2.26. The number of halogens is 1. The highest BCUT2D eigenvalue weighted by Crippen LogP contribution is 2.35. The van der Waals surface area contributed by atoms with Crippen LogP contribution in [0.2, 0.25) is 0 Å². The highest BCUT2D eigenvalue weighted by Gasteiger charge is 2.18. The van der Waals surface area contributed by atoms with E-state index in [1.54, 1.807) is 18.5 Å². The molecule has 3 aromatic heterocycles. The second kappa shape index (κ2) is 7.68. The highest BCUT2D eigenvalue weighted by atomic mass is 32.1. The lowest BCUT2D eigenvalue weighted by Crippen LogP contribution is -2.33. The van der Waals surface area contributed by atoms with Gasteiger partial charge in [-0.2, -0.15) is 0 Å². The molecule has 1 saturated heterocycles. The molecule has 0 spiro atoms. The van der Waals surface area contributed by atoms with E-state index in [-0.39, 0.29) is 5.82 Å². The number of pyridine rings is 1. The maximum absolute atomic E-state index is 13.3. The van der Waals surface area contributed by atoms with E-state index in [0.29, 0.717) is 0 Å². The SMILES string of the molecule is Cn1cnc2c(NCCN3CCCCC3)nc3sc(-c4ccc(F)cc4)nc3c21. The van der Waals surface area contributed by atoms with Gasteiger partial charge in [-0.3, -0.25) is 0 Å². The minimum atomic E-state index is -0.248. The number of fused-ring (bicyclic) bond motifs is 3. The molecule has 1 N–H and O–H groups in total. The number of likely N-dealkylation sites (tertiary alicyclic amines) is 1. The standard InChI is InChI=1S/C21H23FN6S/c1-27-13-24-16-18(27)17-21(29-20(25-17)14-5-7-15(22)8-6-14)26-19(16)23-9-12-28-10-3-2-4-11-28/h5-8,13H,2-4,9-12H2,1H3,(H,23,26). The molecule has 5 rings (SSSR count). The van der Waals surface area contributed by atoms with Crippen LogP contribution >= 0.6 is 11.3 Å². The van der Waals surface area contributed by atoms with Gasteiger partial charge >= 0.3 is 0 Å². The summed E-state index contributed by atoms with van der Waals surface area (Å²) in [6.45, 7) is 4.22. The molecule has 1 fully saturated rings. The van der Waals surface area contributed by atoms with Crippen LogP contribution in [0.5, 0.6) is 0 Å². The van der Waals surface area contributed by atoms with Crippen molar-refractivity contribution in [2.75, 3.05) is 31.5 Å². The van der Waals surface area contributed by atoms with E-state index in [0.717, 1.165) is 50.9 Å². The van der Waals surface area contributed by atoms with Crippen molar-refractivity contribution in [3.05, 3.63) is 36.4 Å². The van der Waals surface area contributed by atoms with E-state index in [1.807, 2.05) is 11.6 Å². The molecule has 8 heteroatoms. The summed E-state index contributed by atoms with van der Waals surface area (Å²) in [6, 6.07) is 6.43. The van der Waals surface area contributed by atoms with Crippen LogP contribution in [0.1, 0.15) is 19.3 Å². The van der Waals surface area contributed by atoms with Gasteiger partial charge in [0.15, 0.2) is 5.82 Å². The lowest BCUT2D eigenvalue weighted by atomic mass is 10.1. The number of nitrogens with one attached hydrogen (secondary N) is 1. The fraction of sp³-hybridized carbons (Fsp3) is 0.381. The molecule has 0 aliphatic carbocycles. The topological polar surface area (TPSA) is 58.9 Å². The van der Waals surface area contributed by atoms with Gasteiger partial charge in [0.25, 0.3) is 0 Å². The Morgan fingerprint density at radius 1 is 1.07 bits per heavy atom. The highest BCUT2D eigenvalue weighted by molar-refractivity contribution is 7.21. The Morgan fingerprint density at radius 2 is 1.86 bits per heavy atom. The van der Waals surface area contributed by atoms with Crippen molar-refractivity contribution < 1.29 is 4.39 Å². The predicted molar refractivity (Wildman–Crippen MR) is 116 cm³/mol. The maximum Gasteiger partial charge on any atom is 0.156 e. The van der Waals surface area contributed by atoms with Crippen molar-refractivity contribution in [3.63, 3.8) is 0 Å². The number of anilines is 1. The Kier molecular flexibility index (Phi) is 4.89. The summed E-state index contributed by atoms with van der Waals surface area (Å²) in [5.41, 5.74) is 3.55. The van der Waals surface area contributed by atoms with Crippen LogP contribution in [-0.4, -0.2) is 50.6 Å². The molecule has 0 amide bonds. The summed E-state index contributed by atoms with van der Waals surface area (Å²) in [4.78, 5) is 17.6. The van der Waals surface area contributed by atoms with Crippen LogP contribution in [0, 0.1) is 5.82 Å². The third-order valence-corrected chi connectivity index (χ3v) is 6.47.